The van der Waals surface area contributed by atoms with E-state index in [1.807, 2.05) is 26.0 Å². The molecular formula is C29H39Cl2N3O4S. The molecule has 3 rings (SSSR count). The summed E-state index contributed by atoms with van der Waals surface area (Å²) in [6.07, 6.45) is 6.90. The molecule has 0 saturated heterocycles. The molecular weight excluding hydrogens is 557 g/mol. The summed E-state index contributed by atoms with van der Waals surface area (Å²) in [5, 5.41) is 4.03. The number of nitrogens with one attached hydrogen (secondary N) is 1. The Balaban J connectivity index is 1.77. The summed E-state index contributed by atoms with van der Waals surface area (Å²) in [5.74, 6) is -0.402. The van der Waals surface area contributed by atoms with Gasteiger partial charge in [-0.1, -0.05) is 68.1 Å². The number of benzene rings is 2. The molecule has 1 fully saturated rings. The van der Waals surface area contributed by atoms with E-state index in [-0.39, 0.29) is 37.4 Å². The summed E-state index contributed by atoms with van der Waals surface area (Å²) in [4.78, 5) is 28.5. The van der Waals surface area contributed by atoms with E-state index < -0.39 is 16.1 Å². The van der Waals surface area contributed by atoms with E-state index in [1.165, 1.54) is 4.31 Å². The normalized spacial score (nSPS) is 14.7. The molecule has 2 aromatic carbocycles. The molecule has 0 aromatic heterocycles. The summed E-state index contributed by atoms with van der Waals surface area (Å²) in [5.41, 5.74) is 2.37. The Hall–Kier alpha value is -2.29. The van der Waals surface area contributed by atoms with Crippen LogP contribution in [0, 0.1) is 0 Å². The van der Waals surface area contributed by atoms with Gasteiger partial charge in [0.2, 0.25) is 21.8 Å². The van der Waals surface area contributed by atoms with Crippen LogP contribution in [0.15, 0.2) is 42.5 Å². The van der Waals surface area contributed by atoms with Crippen molar-refractivity contribution < 1.29 is 18.0 Å². The fraction of sp³-hybridized carbons (Fsp3) is 0.517. The lowest BCUT2D eigenvalue weighted by Crippen LogP contribution is -2.51. The van der Waals surface area contributed by atoms with Crippen LogP contribution < -0.4 is 9.62 Å². The van der Waals surface area contributed by atoms with Crippen LogP contribution in [0.5, 0.6) is 0 Å². The van der Waals surface area contributed by atoms with Crippen LogP contribution in [0.1, 0.15) is 69.9 Å². The van der Waals surface area contributed by atoms with E-state index in [4.69, 9.17) is 23.2 Å². The number of carbonyl (C=O) groups is 2. The van der Waals surface area contributed by atoms with Crippen molar-refractivity contribution in [1.29, 1.82) is 0 Å². The molecule has 10 heteroatoms. The van der Waals surface area contributed by atoms with Crippen molar-refractivity contribution in [3.8, 4) is 0 Å². The molecule has 0 aliphatic heterocycles. The first-order valence-electron chi connectivity index (χ1n) is 13.6. The molecule has 2 aromatic rings. The summed E-state index contributed by atoms with van der Waals surface area (Å²) < 4.78 is 26.4. The SMILES string of the molecule is CCc1ccc(N(CCCC(=O)N(Cc2ccc(Cl)cc2Cl)[C@H](CC)C(=O)NC2CCCC2)S(C)(=O)=O)cc1. The lowest BCUT2D eigenvalue weighted by Gasteiger charge is -2.32. The molecule has 0 bridgehead atoms. The van der Waals surface area contributed by atoms with Gasteiger partial charge in [0.15, 0.2) is 0 Å². The van der Waals surface area contributed by atoms with E-state index in [0.717, 1.165) is 43.9 Å². The smallest absolute Gasteiger partial charge is 0.243 e. The summed E-state index contributed by atoms with van der Waals surface area (Å²) in [6, 6.07) is 11.9. The molecule has 1 aliphatic rings. The zero-order chi connectivity index (χ0) is 28.6. The maximum Gasteiger partial charge on any atom is 0.243 e. The molecule has 214 valence electrons. The number of anilines is 1. The highest BCUT2D eigenvalue weighted by Crippen LogP contribution is 2.25. The van der Waals surface area contributed by atoms with Crippen LogP contribution >= 0.6 is 23.2 Å². The zero-order valence-electron chi connectivity index (χ0n) is 23.0. The fourth-order valence-corrected chi connectivity index (χ4v) is 6.46. The Morgan fingerprint density at radius 2 is 1.72 bits per heavy atom. The molecule has 2 amide bonds. The van der Waals surface area contributed by atoms with Gasteiger partial charge in [-0.15, -0.1) is 0 Å². The number of carbonyl (C=O) groups excluding carboxylic acids is 2. The van der Waals surface area contributed by atoms with Gasteiger partial charge in [0.05, 0.1) is 11.9 Å². The van der Waals surface area contributed by atoms with Crippen molar-refractivity contribution >= 4 is 50.7 Å². The van der Waals surface area contributed by atoms with Crippen molar-refractivity contribution in [3.05, 3.63) is 63.6 Å². The molecule has 0 radical (unpaired) electrons. The zero-order valence-corrected chi connectivity index (χ0v) is 25.3. The summed E-state index contributed by atoms with van der Waals surface area (Å²) >= 11 is 12.5. The number of rotatable bonds is 13. The van der Waals surface area contributed by atoms with E-state index >= 15 is 0 Å². The lowest BCUT2D eigenvalue weighted by atomic mass is 10.1. The Morgan fingerprint density at radius 3 is 2.28 bits per heavy atom. The number of hydrogen-bond donors (Lipinski definition) is 1. The number of aryl methyl sites for hydroxylation is 1. The number of nitrogens with zero attached hydrogens (tertiary/aromatic N) is 2. The van der Waals surface area contributed by atoms with Crippen molar-refractivity contribution in [2.24, 2.45) is 0 Å². The molecule has 1 atom stereocenters. The van der Waals surface area contributed by atoms with Gasteiger partial charge in [-0.2, -0.15) is 0 Å². The topological polar surface area (TPSA) is 86.8 Å². The summed E-state index contributed by atoms with van der Waals surface area (Å²) in [6.45, 7) is 4.22. The van der Waals surface area contributed by atoms with Gasteiger partial charge in [-0.3, -0.25) is 13.9 Å². The highest BCUT2D eigenvalue weighted by molar-refractivity contribution is 7.92. The fourth-order valence-electron chi connectivity index (χ4n) is 5.02. The minimum atomic E-state index is -3.55. The van der Waals surface area contributed by atoms with Gasteiger partial charge in [-0.05, 0) is 67.5 Å². The average Bonchev–Trinajstić information content (AvgIpc) is 3.40. The first-order chi connectivity index (χ1) is 18.5. The van der Waals surface area contributed by atoms with Gasteiger partial charge < -0.3 is 10.2 Å². The quantitative estimate of drug-likeness (QED) is 0.309. The average molecular weight is 597 g/mol. The van der Waals surface area contributed by atoms with E-state index in [2.05, 4.69) is 5.32 Å². The van der Waals surface area contributed by atoms with Gasteiger partial charge >= 0.3 is 0 Å². The maximum atomic E-state index is 13.6. The molecule has 1 saturated carbocycles. The second kappa shape index (κ2) is 14.4. The van der Waals surface area contributed by atoms with Crippen LogP contribution in [0.4, 0.5) is 5.69 Å². The molecule has 39 heavy (non-hydrogen) atoms. The third-order valence-corrected chi connectivity index (χ3v) is 9.01. The van der Waals surface area contributed by atoms with Gasteiger partial charge in [0.1, 0.15) is 6.04 Å². The molecule has 1 N–H and O–H groups in total. The Morgan fingerprint density at radius 1 is 1.05 bits per heavy atom. The van der Waals surface area contributed by atoms with Gasteiger partial charge in [0, 0.05) is 35.6 Å². The highest BCUT2D eigenvalue weighted by Gasteiger charge is 2.31. The Kier molecular flexibility index (Phi) is 11.5. The van der Waals surface area contributed by atoms with E-state index in [1.54, 1.807) is 35.2 Å². The molecule has 0 heterocycles. The summed E-state index contributed by atoms with van der Waals surface area (Å²) in [7, 11) is -3.55. The Bertz CT molecular complexity index is 1230. The van der Waals surface area contributed by atoms with Crippen LogP contribution in [-0.2, 0) is 32.6 Å². The van der Waals surface area contributed by atoms with Crippen LogP contribution in [0.2, 0.25) is 10.0 Å². The highest BCUT2D eigenvalue weighted by atomic mass is 35.5. The van der Waals surface area contributed by atoms with Crippen molar-refractivity contribution in [2.75, 3.05) is 17.1 Å². The van der Waals surface area contributed by atoms with Crippen molar-refractivity contribution in [3.63, 3.8) is 0 Å². The third kappa shape index (κ3) is 8.85. The van der Waals surface area contributed by atoms with Gasteiger partial charge in [0.25, 0.3) is 0 Å². The number of sulfonamides is 1. The molecule has 0 spiro atoms. The van der Waals surface area contributed by atoms with Crippen LogP contribution in [-0.4, -0.2) is 50.0 Å². The van der Waals surface area contributed by atoms with E-state index in [9.17, 15) is 18.0 Å². The Labute approximate surface area is 242 Å². The monoisotopic (exact) mass is 595 g/mol. The second-order valence-corrected chi connectivity index (χ2v) is 12.9. The molecule has 1 aliphatic carbocycles. The van der Waals surface area contributed by atoms with Crippen molar-refractivity contribution in [1.82, 2.24) is 10.2 Å². The van der Waals surface area contributed by atoms with Crippen LogP contribution in [0.25, 0.3) is 0 Å². The first-order valence-corrected chi connectivity index (χ1v) is 16.2. The lowest BCUT2D eigenvalue weighted by molar-refractivity contribution is -0.141. The minimum absolute atomic E-state index is 0.0808. The maximum absolute atomic E-state index is 13.6. The standard InChI is InChI=1S/C29H39Cl2N3O4S/c1-4-21-12-16-25(17-13-21)34(39(3,37)38)18-8-11-28(35)33(20-22-14-15-23(30)19-26(22)31)27(5-2)29(36)32-24-9-6-7-10-24/h12-17,19,24,27H,4-11,18,20H2,1-3H3,(H,32,36)/t27-/m1/s1. The number of amides is 2. The predicted molar refractivity (Wildman–Crippen MR) is 159 cm³/mol. The minimum Gasteiger partial charge on any atom is -0.352 e. The third-order valence-electron chi connectivity index (χ3n) is 7.23. The molecule has 7 nitrogen and oxygen atoms in total. The van der Waals surface area contributed by atoms with E-state index in [0.29, 0.717) is 34.1 Å². The van der Waals surface area contributed by atoms with Crippen LogP contribution in [0.3, 0.4) is 0 Å². The van der Waals surface area contributed by atoms with Gasteiger partial charge in [-0.25, -0.2) is 8.42 Å². The first kappa shape index (κ1) is 31.2. The van der Waals surface area contributed by atoms with Crippen molar-refractivity contribution in [2.45, 2.75) is 83.8 Å². The number of halogens is 2. The molecule has 0 unspecified atom stereocenters. The predicted octanol–water partition coefficient (Wildman–Crippen LogP) is 5.97. The second-order valence-electron chi connectivity index (χ2n) is 10.1. The number of hydrogen-bond acceptors (Lipinski definition) is 4. The largest absolute Gasteiger partial charge is 0.352 e.